The van der Waals surface area contributed by atoms with Gasteiger partial charge in [0.1, 0.15) is 29.3 Å². The number of hydrogen-bond acceptors (Lipinski definition) is 5. The molecule has 1 heterocycles. The van der Waals surface area contributed by atoms with Crippen molar-refractivity contribution < 1.29 is 28.6 Å². The van der Waals surface area contributed by atoms with Crippen molar-refractivity contribution in [2.24, 2.45) is 0 Å². The predicted octanol–water partition coefficient (Wildman–Crippen LogP) is 3.09. The molecule has 0 amide bonds. The molecule has 0 bridgehead atoms. The highest BCUT2D eigenvalue weighted by Gasteiger charge is 2.21. The molecule has 1 aromatic carbocycles. The molecule has 0 fully saturated rings. The normalized spacial score (nSPS) is 11.2. The molecule has 0 saturated heterocycles. The van der Waals surface area contributed by atoms with Crippen molar-refractivity contribution >= 4 is 11.9 Å². The van der Waals surface area contributed by atoms with E-state index in [-0.39, 0.29) is 12.4 Å². The van der Waals surface area contributed by atoms with Gasteiger partial charge in [-0.2, -0.15) is 0 Å². The summed E-state index contributed by atoms with van der Waals surface area (Å²) in [6.45, 7) is 6.56. The van der Waals surface area contributed by atoms with Crippen LogP contribution in [0.3, 0.4) is 0 Å². The van der Waals surface area contributed by atoms with Crippen molar-refractivity contribution in [2.45, 2.75) is 39.8 Å². The van der Waals surface area contributed by atoms with Gasteiger partial charge in [0.05, 0.1) is 6.61 Å². The lowest BCUT2D eigenvalue weighted by atomic mass is 10.0. The fraction of sp³-hybridized carbons (Fsp3) is 0.350. The number of carboxylic acids is 1. The summed E-state index contributed by atoms with van der Waals surface area (Å²) in [4.78, 5) is 36.1. The number of nitrogens with zero attached hydrogens (tertiary/aromatic N) is 1. The largest absolute Gasteiger partial charge is 0.493 e. The number of aromatic carboxylic acids is 1. The molecule has 7 nitrogen and oxygen atoms in total. The van der Waals surface area contributed by atoms with E-state index in [1.165, 1.54) is 30.5 Å². The molecule has 1 aromatic heterocycles. The van der Waals surface area contributed by atoms with Gasteiger partial charge < -0.3 is 19.1 Å². The molecule has 28 heavy (non-hydrogen) atoms. The van der Waals surface area contributed by atoms with Crippen molar-refractivity contribution in [2.75, 3.05) is 6.61 Å². The van der Waals surface area contributed by atoms with Gasteiger partial charge in [-0.15, -0.1) is 0 Å². The van der Waals surface area contributed by atoms with E-state index in [0.717, 1.165) is 4.57 Å². The zero-order valence-corrected chi connectivity index (χ0v) is 16.1. The van der Waals surface area contributed by atoms with Crippen LogP contribution in [0.25, 0.3) is 11.1 Å². The Morgan fingerprint density at radius 3 is 2.46 bits per heavy atom. The van der Waals surface area contributed by atoms with Crippen LogP contribution in [0.1, 0.15) is 38.1 Å². The van der Waals surface area contributed by atoms with Crippen molar-refractivity contribution in [3.8, 4) is 16.9 Å². The summed E-state index contributed by atoms with van der Waals surface area (Å²) < 4.78 is 25.2. The van der Waals surface area contributed by atoms with Crippen LogP contribution in [-0.2, 0) is 16.1 Å². The molecule has 1 N–H and O–H groups in total. The SMILES string of the molecule is CCOc1cc(F)ccc1-c1cc(C(=O)O)c(=O)n(CC(=O)OC(C)(C)C)c1. The quantitative estimate of drug-likeness (QED) is 0.761. The molecule has 0 unspecified atom stereocenters. The second-order valence-electron chi connectivity index (χ2n) is 7.04. The van der Waals surface area contributed by atoms with Crippen LogP contribution in [0.4, 0.5) is 4.39 Å². The van der Waals surface area contributed by atoms with Crippen LogP contribution in [0, 0.1) is 5.82 Å². The third-order valence-electron chi connectivity index (χ3n) is 3.59. The monoisotopic (exact) mass is 391 g/mol. The Labute approximate surface area is 161 Å². The van der Waals surface area contributed by atoms with Gasteiger partial charge in [-0.25, -0.2) is 9.18 Å². The minimum Gasteiger partial charge on any atom is -0.493 e. The van der Waals surface area contributed by atoms with E-state index in [4.69, 9.17) is 9.47 Å². The third kappa shape index (κ3) is 5.18. The molecule has 0 aliphatic rings. The lowest BCUT2D eigenvalue weighted by Crippen LogP contribution is -2.32. The molecular formula is C20H22FNO6. The Morgan fingerprint density at radius 2 is 1.89 bits per heavy atom. The highest BCUT2D eigenvalue weighted by atomic mass is 19.1. The van der Waals surface area contributed by atoms with Crippen molar-refractivity contribution in [3.63, 3.8) is 0 Å². The maximum absolute atomic E-state index is 13.6. The summed E-state index contributed by atoms with van der Waals surface area (Å²) in [6, 6.07) is 4.96. The van der Waals surface area contributed by atoms with Crippen molar-refractivity contribution in [3.05, 3.63) is 52.2 Å². The zero-order chi connectivity index (χ0) is 21.1. The van der Waals surface area contributed by atoms with Gasteiger partial charge in [0.2, 0.25) is 0 Å². The number of carbonyl (C=O) groups is 2. The number of carbonyl (C=O) groups excluding carboxylic acids is 1. The van der Waals surface area contributed by atoms with Crippen LogP contribution in [0.5, 0.6) is 5.75 Å². The molecule has 0 aliphatic carbocycles. The molecule has 2 rings (SSSR count). The molecule has 150 valence electrons. The van der Waals surface area contributed by atoms with Crippen LogP contribution < -0.4 is 10.3 Å². The van der Waals surface area contributed by atoms with Gasteiger partial charge in [0.15, 0.2) is 0 Å². The number of halogens is 1. The minimum absolute atomic E-state index is 0.196. The van der Waals surface area contributed by atoms with Crippen molar-refractivity contribution in [1.82, 2.24) is 4.57 Å². The number of carboxylic acid groups (broad SMARTS) is 1. The Bertz CT molecular complexity index is 958. The fourth-order valence-electron chi connectivity index (χ4n) is 2.58. The lowest BCUT2D eigenvalue weighted by molar-refractivity contribution is -0.155. The molecule has 0 aliphatic heterocycles. The summed E-state index contributed by atoms with van der Waals surface area (Å²) in [5.41, 5.74) is -1.43. The molecule has 0 saturated carbocycles. The molecule has 0 radical (unpaired) electrons. The van der Waals surface area contributed by atoms with Gasteiger partial charge >= 0.3 is 11.9 Å². The van der Waals surface area contributed by atoms with E-state index in [1.54, 1.807) is 27.7 Å². The first-order valence-corrected chi connectivity index (χ1v) is 8.64. The van der Waals surface area contributed by atoms with E-state index in [2.05, 4.69) is 0 Å². The topological polar surface area (TPSA) is 94.8 Å². The lowest BCUT2D eigenvalue weighted by Gasteiger charge is -2.20. The summed E-state index contributed by atoms with van der Waals surface area (Å²) >= 11 is 0. The number of esters is 1. The number of hydrogen-bond donors (Lipinski definition) is 1. The summed E-state index contributed by atoms with van der Waals surface area (Å²) in [5, 5.41) is 9.38. The zero-order valence-electron chi connectivity index (χ0n) is 16.1. The minimum atomic E-state index is -1.44. The van der Waals surface area contributed by atoms with Crippen LogP contribution >= 0.6 is 0 Å². The van der Waals surface area contributed by atoms with Crippen LogP contribution in [-0.4, -0.2) is 33.8 Å². The van der Waals surface area contributed by atoms with E-state index in [1.807, 2.05) is 0 Å². The van der Waals surface area contributed by atoms with Gasteiger partial charge in [-0.1, -0.05) is 0 Å². The predicted molar refractivity (Wildman–Crippen MR) is 100 cm³/mol. The summed E-state index contributed by atoms with van der Waals surface area (Å²) in [5.74, 6) is -2.45. The highest BCUT2D eigenvalue weighted by Crippen LogP contribution is 2.31. The standard InChI is InChI=1S/C20H22FNO6/c1-5-27-16-9-13(21)6-7-14(16)12-8-15(19(25)26)18(24)22(10-12)11-17(23)28-20(2,3)4/h6-10H,5,11H2,1-4H3,(H,25,26). The second-order valence-corrected chi connectivity index (χ2v) is 7.04. The summed E-state index contributed by atoms with van der Waals surface area (Å²) in [7, 11) is 0. The number of rotatable bonds is 6. The molecular weight excluding hydrogens is 369 g/mol. The Hall–Kier alpha value is -3.16. The molecule has 0 atom stereocenters. The van der Waals surface area contributed by atoms with E-state index >= 15 is 0 Å². The van der Waals surface area contributed by atoms with Crippen LogP contribution in [0.2, 0.25) is 0 Å². The first kappa shape index (κ1) is 21.1. The molecule has 8 heteroatoms. The smallest absolute Gasteiger partial charge is 0.341 e. The van der Waals surface area contributed by atoms with Gasteiger partial charge in [0.25, 0.3) is 5.56 Å². The first-order valence-electron chi connectivity index (χ1n) is 8.64. The van der Waals surface area contributed by atoms with E-state index < -0.39 is 41.0 Å². The van der Waals surface area contributed by atoms with Crippen LogP contribution in [0.15, 0.2) is 35.3 Å². The fourth-order valence-corrected chi connectivity index (χ4v) is 2.58. The number of benzene rings is 1. The number of ether oxygens (including phenoxy) is 2. The summed E-state index contributed by atoms with van der Waals surface area (Å²) in [6.07, 6.45) is 1.33. The maximum atomic E-state index is 13.6. The Morgan fingerprint density at radius 1 is 1.21 bits per heavy atom. The molecule has 2 aromatic rings. The van der Waals surface area contributed by atoms with Gasteiger partial charge in [-0.3, -0.25) is 9.59 Å². The van der Waals surface area contributed by atoms with Crippen molar-refractivity contribution in [1.29, 1.82) is 0 Å². The second kappa shape index (κ2) is 8.24. The Kier molecular flexibility index (Phi) is 6.23. The average molecular weight is 391 g/mol. The number of pyridine rings is 1. The highest BCUT2D eigenvalue weighted by molar-refractivity contribution is 5.89. The first-order chi connectivity index (χ1) is 13.0. The number of aromatic nitrogens is 1. The molecule has 0 spiro atoms. The average Bonchev–Trinajstić information content (AvgIpc) is 2.55. The maximum Gasteiger partial charge on any atom is 0.341 e. The van der Waals surface area contributed by atoms with Gasteiger partial charge in [0, 0.05) is 23.4 Å². The third-order valence-corrected chi connectivity index (χ3v) is 3.59. The van der Waals surface area contributed by atoms with Gasteiger partial charge in [-0.05, 0) is 45.9 Å². The van der Waals surface area contributed by atoms with E-state index in [9.17, 15) is 23.9 Å². The van der Waals surface area contributed by atoms with E-state index in [0.29, 0.717) is 11.1 Å². The Balaban J connectivity index is 2.58.